The molecule has 5 heteroatoms. The van der Waals surface area contributed by atoms with E-state index in [0.29, 0.717) is 18.2 Å². The second-order valence-corrected chi connectivity index (χ2v) is 5.46. The smallest absolute Gasteiger partial charge is 0.338 e. The summed E-state index contributed by atoms with van der Waals surface area (Å²) in [5, 5.41) is 6.85. The number of benzene rings is 1. The summed E-state index contributed by atoms with van der Waals surface area (Å²) in [5.41, 5.74) is 1.59. The zero-order valence-corrected chi connectivity index (χ0v) is 12.6. The van der Waals surface area contributed by atoms with Gasteiger partial charge in [0.2, 0.25) is 0 Å². The fraction of sp³-hybridized carbons (Fsp3) is 0.500. The first-order valence-electron chi connectivity index (χ1n) is 6.64. The lowest BCUT2D eigenvalue weighted by atomic mass is 10.1. The van der Waals surface area contributed by atoms with Crippen molar-refractivity contribution in [3.63, 3.8) is 0 Å². The molecule has 2 rings (SSSR count). The van der Waals surface area contributed by atoms with Gasteiger partial charge in [0, 0.05) is 22.7 Å². The standard InChI is InChI=1S/C14H19BrN2O2/c1-2-19-14(18)10-5-6-13(12(15)8-10)17-11-4-3-7-16-9-11/h5-6,8,11,16-17H,2-4,7,9H2,1H3. The van der Waals surface area contributed by atoms with E-state index in [2.05, 4.69) is 26.6 Å². The third-order valence-corrected chi connectivity index (χ3v) is 3.79. The van der Waals surface area contributed by atoms with E-state index in [9.17, 15) is 4.79 Å². The normalized spacial score (nSPS) is 18.9. The largest absolute Gasteiger partial charge is 0.462 e. The van der Waals surface area contributed by atoms with Crippen LogP contribution < -0.4 is 10.6 Å². The van der Waals surface area contributed by atoms with Crippen LogP contribution >= 0.6 is 15.9 Å². The van der Waals surface area contributed by atoms with E-state index in [4.69, 9.17) is 4.74 Å². The number of carbonyl (C=O) groups is 1. The predicted octanol–water partition coefficient (Wildman–Crippen LogP) is 2.79. The molecule has 1 heterocycles. The van der Waals surface area contributed by atoms with Crippen LogP contribution in [0.2, 0.25) is 0 Å². The third kappa shape index (κ3) is 3.94. The molecule has 104 valence electrons. The minimum atomic E-state index is -0.283. The number of halogens is 1. The van der Waals surface area contributed by atoms with Crippen LogP contribution in [0.4, 0.5) is 5.69 Å². The highest BCUT2D eigenvalue weighted by atomic mass is 79.9. The lowest BCUT2D eigenvalue weighted by Crippen LogP contribution is -2.38. The van der Waals surface area contributed by atoms with Crippen LogP contribution in [0.15, 0.2) is 22.7 Å². The van der Waals surface area contributed by atoms with Crippen molar-refractivity contribution in [3.8, 4) is 0 Å². The molecule has 1 aliphatic heterocycles. The average Bonchev–Trinajstić information content (AvgIpc) is 2.42. The number of hydrogen-bond acceptors (Lipinski definition) is 4. The van der Waals surface area contributed by atoms with E-state index in [1.807, 2.05) is 6.07 Å². The molecule has 1 unspecified atom stereocenters. The fourth-order valence-corrected chi connectivity index (χ4v) is 2.66. The minimum Gasteiger partial charge on any atom is -0.462 e. The van der Waals surface area contributed by atoms with Crippen LogP contribution in [0, 0.1) is 0 Å². The van der Waals surface area contributed by atoms with Gasteiger partial charge in [0.15, 0.2) is 0 Å². The second-order valence-electron chi connectivity index (χ2n) is 4.60. The molecule has 19 heavy (non-hydrogen) atoms. The van der Waals surface area contributed by atoms with Gasteiger partial charge in [0.05, 0.1) is 12.2 Å². The Morgan fingerprint density at radius 3 is 3.05 bits per heavy atom. The van der Waals surface area contributed by atoms with Crippen molar-refractivity contribution in [2.75, 3.05) is 25.0 Å². The molecule has 1 fully saturated rings. The number of esters is 1. The number of ether oxygens (including phenoxy) is 1. The molecular weight excluding hydrogens is 308 g/mol. The molecule has 1 saturated heterocycles. The monoisotopic (exact) mass is 326 g/mol. The van der Waals surface area contributed by atoms with Gasteiger partial charge in [-0.05, 0) is 60.4 Å². The number of rotatable bonds is 4. The molecule has 0 aromatic heterocycles. The molecule has 0 bridgehead atoms. The maximum Gasteiger partial charge on any atom is 0.338 e. The Bertz CT molecular complexity index is 445. The summed E-state index contributed by atoms with van der Waals surface area (Å²) in [6.07, 6.45) is 2.36. The summed E-state index contributed by atoms with van der Waals surface area (Å²) in [7, 11) is 0. The molecule has 2 N–H and O–H groups in total. The average molecular weight is 327 g/mol. The highest BCUT2D eigenvalue weighted by Gasteiger charge is 2.15. The van der Waals surface area contributed by atoms with Gasteiger partial charge in [-0.1, -0.05) is 0 Å². The number of carbonyl (C=O) groups excluding carboxylic acids is 1. The number of hydrogen-bond donors (Lipinski definition) is 2. The van der Waals surface area contributed by atoms with Crippen molar-refractivity contribution in [1.29, 1.82) is 0 Å². The Morgan fingerprint density at radius 2 is 2.42 bits per heavy atom. The van der Waals surface area contributed by atoms with Crippen LogP contribution in [0.1, 0.15) is 30.1 Å². The van der Waals surface area contributed by atoms with E-state index < -0.39 is 0 Å². The van der Waals surface area contributed by atoms with Crippen LogP contribution in [0.25, 0.3) is 0 Å². The van der Waals surface area contributed by atoms with Crippen molar-refractivity contribution in [3.05, 3.63) is 28.2 Å². The molecular formula is C14H19BrN2O2. The summed E-state index contributed by atoms with van der Waals surface area (Å²) < 4.78 is 5.87. The van der Waals surface area contributed by atoms with Gasteiger partial charge in [0.1, 0.15) is 0 Å². The quantitative estimate of drug-likeness (QED) is 0.835. The second kappa shape index (κ2) is 6.91. The molecule has 1 aromatic carbocycles. The molecule has 0 aliphatic carbocycles. The van der Waals surface area contributed by atoms with Crippen LogP contribution in [-0.2, 0) is 4.74 Å². The molecule has 0 amide bonds. The molecule has 0 saturated carbocycles. The molecule has 1 aromatic rings. The van der Waals surface area contributed by atoms with Gasteiger partial charge in [0.25, 0.3) is 0 Å². The summed E-state index contributed by atoms with van der Waals surface area (Å²) >= 11 is 3.50. The van der Waals surface area contributed by atoms with E-state index in [1.54, 1.807) is 19.1 Å². The minimum absolute atomic E-state index is 0.283. The van der Waals surface area contributed by atoms with Crippen molar-refractivity contribution < 1.29 is 9.53 Å². The van der Waals surface area contributed by atoms with E-state index in [-0.39, 0.29) is 5.97 Å². The van der Waals surface area contributed by atoms with Crippen LogP contribution in [0.3, 0.4) is 0 Å². The maximum atomic E-state index is 11.6. The first-order chi connectivity index (χ1) is 9.20. The zero-order chi connectivity index (χ0) is 13.7. The van der Waals surface area contributed by atoms with E-state index in [1.165, 1.54) is 12.8 Å². The summed E-state index contributed by atoms with van der Waals surface area (Å²) in [5.74, 6) is -0.283. The fourth-order valence-electron chi connectivity index (χ4n) is 2.17. The summed E-state index contributed by atoms with van der Waals surface area (Å²) in [6.45, 7) is 4.27. The maximum absolute atomic E-state index is 11.6. The topological polar surface area (TPSA) is 50.4 Å². The third-order valence-electron chi connectivity index (χ3n) is 3.14. The van der Waals surface area contributed by atoms with E-state index in [0.717, 1.165) is 23.2 Å². The van der Waals surface area contributed by atoms with Crippen molar-refractivity contribution >= 4 is 27.6 Å². The number of anilines is 1. The molecule has 0 spiro atoms. The van der Waals surface area contributed by atoms with Crippen molar-refractivity contribution in [2.45, 2.75) is 25.8 Å². The zero-order valence-electron chi connectivity index (χ0n) is 11.0. The number of piperidine rings is 1. The lowest BCUT2D eigenvalue weighted by molar-refractivity contribution is 0.0526. The van der Waals surface area contributed by atoms with Crippen LogP contribution in [0.5, 0.6) is 0 Å². The first kappa shape index (κ1) is 14.3. The van der Waals surface area contributed by atoms with Crippen LogP contribution in [-0.4, -0.2) is 31.7 Å². The Balaban J connectivity index is 2.04. The summed E-state index contributed by atoms with van der Waals surface area (Å²) in [4.78, 5) is 11.6. The Hall–Kier alpha value is -1.07. The Labute approximate surface area is 122 Å². The Morgan fingerprint density at radius 1 is 1.58 bits per heavy atom. The van der Waals surface area contributed by atoms with Crippen molar-refractivity contribution in [1.82, 2.24) is 5.32 Å². The van der Waals surface area contributed by atoms with E-state index >= 15 is 0 Å². The molecule has 1 aliphatic rings. The highest BCUT2D eigenvalue weighted by Crippen LogP contribution is 2.25. The first-order valence-corrected chi connectivity index (χ1v) is 7.44. The Kier molecular flexibility index (Phi) is 5.22. The van der Waals surface area contributed by atoms with Gasteiger partial charge in [-0.25, -0.2) is 4.79 Å². The van der Waals surface area contributed by atoms with Crippen molar-refractivity contribution in [2.24, 2.45) is 0 Å². The molecule has 1 atom stereocenters. The van der Waals surface area contributed by atoms with Gasteiger partial charge in [-0.3, -0.25) is 0 Å². The SMILES string of the molecule is CCOC(=O)c1ccc(NC2CCCNC2)c(Br)c1. The highest BCUT2D eigenvalue weighted by molar-refractivity contribution is 9.10. The predicted molar refractivity (Wildman–Crippen MR) is 79.6 cm³/mol. The lowest BCUT2D eigenvalue weighted by Gasteiger charge is -2.25. The molecule has 4 nitrogen and oxygen atoms in total. The van der Waals surface area contributed by atoms with Gasteiger partial charge in [-0.15, -0.1) is 0 Å². The van der Waals surface area contributed by atoms with Gasteiger partial charge >= 0.3 is 5.97 Å². The molecule has 0 radical (unpaired) electrons. The van der Waals surface area contributed by atoms with Gasteiger partial charge in [-0.2, -0.15) is 0 Å². The van der Waals surface area contributed by atoms with Gasteiger partial charge < -0.3 is 15.4 Å². The summed E-state index contributed by atoms with van der Waals surface area (Å²) in [6, 6.07) is 5.96. The number of nitrogens with one attached hydrogen (secondary N) is 2.